The largest absolute Gasteiger partial charge is 0.464 e. The number of halogens is 2. The first-order chi connectivity index (χ1) is 12.9. The van der Waals surface area contributed by atoms with Gasteiger partial charge in [0.25, 0.3) is 0 Å². The number of benzene rings is 2. The number of ether oxygens (including phenoxy) is 2. The topological polar surface area (TPSA) is 90.3 Å². The van der Waals surface area contributed by atoms with Gasteiger partial charge < -0.3 is 19.8 Å². The van der Waals surface area contributed by atoms with Gasteiger partial charge in [0.05, 0.1) is 23.4 Å². The molecule has 0 spiro atoms. The van der Waals surface area contributed by atoms with Crippen LogP contribution >= 0.6 is 23.2 Å². The zero-order valence-corrected chi connectivity index (χ0v) is 15.6. The second-order valence-electron chi connectivity index (χ2n) is 5.45. The van der Waals surface area contributed by atoms with Crippen molar-refractivity contribution >= 4 is 34.9 Å². The molecule has 2 aromatic carbocycles. The summed E-state index contributed by atoms with van der Waals surface area (Å²) in [6.45, 7) is 0. The summed E-state index contributed by atoms with van der Waals surface area (Å²) in [7, 11) is 1.25. The van der Waals surface area contributed by atoms with Crippen molar-refractivity contribution in [3.63, 3.8) is 0 Å². The van der Waals surface area contributed by atoms with Gasteiger partial charge in [0, 0.05) is 16.9 Å². The van der Waals surface area contributed by atoms with E-state index >= 15 is 0 Å². The molecule has 8 heteroatoms. The Bertz CT molecular complexity index is 1050. The quantitative estimate of drug-likeness (QED) is 0.632. The molecule has 0 saturated heterocycles. The smallest absolute Gasteiger partial charge is 0.357 e. The number of aromatic nitrogens is 1. The molecule has 0 bridgehead atoms. The van der Waals surface area contributed by atoms with Crippen molar-refractivity contribution < 1.29 is 14.3 Å². The molecule has 0 aliphatic carbocycles. The molecule has 1 heterocycles. The van der Waals surface area contributed by atoms with E-state index in [9.17, 15) is 10.1 Å². The van der Waals surface area contributed by atoms with Gasteiger partial charge in [-0.3, -0.25) is 0 Å². The molecule has 3 aromatic rings. The summed E-state index contributed by atoms with van der Waals surface area (Å²) in [5.74, 6) is 0.353. The van der Waals surface area contributed by atoms with Crippen molar-refractivity contribution in [2.24, 2.45) is 0 Å². The van der Waals surface area contributed by atoms with E-state index < -0.39 is 5.97 Å². The number of methoxy groups -OCH3 is 1. The molecule has 0 aliphatic rings. The fraction of sp³-hybridized carbons (Fsp3) is 0.0526. The Morgan fingerprint density at radius 3 is 2.48 bits per heavy atom. The Kier molecular flexibility index (Phi) is 5.26. The normalized spacial score (nSPS) is 10.3. The van der Waals surface area contributed by atoms with E-state index in [-0.39, 0.29) is 16.9 Å². The number of carbonyl (C=O) groups is 1. The fourth-order valence-corrected chi connectivity index (χ4v) is 2.93. The summed E-state index contributed by atoms with van der Waals surface area (Å²) in [6, 6.07) is 13.7. The van der Waals surface area contributed by atoms with Gasteiger partial charge in [-0.05, 0) is 42.5 Å². The van der Waals surface area contributed by atoms with Crippen LogP contribution < -0.4 is 10.5 Å². The maximum absolute atomic E-state index is 12.0. The van der Waals surface area contributed by atoms with Crippen LogP contribution in [-0.2, 0) is 4.74 Å². The van der Waals surface area contributed by atoms with Crippen molar-refractivity contribution in [1.29, 1.82) is 5.26 Å². The van der Waals surface area contributed by atoms with Crippen molar-refractivity contribution in [3.05, 3.63) is 70.0 Å². The molecule has 0 atom stereocenters. The highest BCUT2D eigenvalue weighted by atomic mass is 35.5. The number of anilines is 1. The Hall–Kier alpha value is -3.14. The van der Waals surface area contributed by atoms with Crippen molar-refractivity contribution in [2.75, 3.05) is 12.8 Å². The maximum atomic E-state index is 12.0. The van der Waals surface area contributed by atoms with Crippen LogP contribution in [0, 0.1) is 11.3 Å². The third-order valence-corrected chi connectivity index (χ3v) is 4.31. The molecule has 2 N–H and O–H groups in total. The zero-order valence-electron chi connectivity index (χ0n) is 14.1. The standard InChI is InChI=1S/C19H13Cl2N3O3/c1-26-19(25)18-17(23)11(9-22)10-24(18)13-3-5-14(6-4-13)27-16-7-2-12(20)8-15(16)21/h2-8,10H,23H2,1H3. The number of nitrogen functional groups attached to an aromatic ring is 1. The van der Waals surface area contributed by atoms with Crippen molar-refractivity contribution in [1.82, 2.24) is 4.57 Å². The molecule has 0 amide bonds. The first-order valence-corrected chi connectivity index (χ1v) is 8.42. The number of hydrogen-bond acceptors (Lipinski definition) is 5. The van der Waals surface area contributed by atoms with Crippen molar-refractivity contribution in [2.45, 2.75) is 0 Å². The number of nitriles is 1. The SMILES string of the molecule is COC(=O)c1c(N)c(C#N)cn1-c1ccc(Oc2ccc(Cl)cc2Cl)cc1. The number of nitrogens with two attached hydrogens (primary N) is 1. The highest BCUT2D eigenvalue weighted by Crippen LogP contribution is 2.32. The van der Waals surface area contributed by atoms with Crippen LogP contribution in [0.5, 0.6) is 11.5 Å². The summed E-state index contributed by atoms with van der Waals surface area (Å²) in [5, 5.41) is 10.1. The molecule has 1 aromatic heterocycles. The van der Waals surface area contributed by atoms with E-state index in [0.717, 1.165) is 0 Å². The highest BCUT2D eigenvalue weighted by Gasteiger charge is 2.21. The van der Waals surface area contributed by atoms with E-state index in [1.165, 1.54) is 17.9 Å². The predicted octanol–water partition coefficient (Wildman–Crippen LogP) is 4.82. The monoisotopic (exact) mass is 401 g/mol. The predicted molar refractivity (Wildman–Crippen MR) is 103 cm³/mol. The summed E-state index contributed by atoms with van der Waals surface area (Å²) < 4.78 is 12.0. The first-order valence-electron chi connectivity index (χ1n) is 7.67. The lowest BCUT2D eigenvalue weighted by Crippen LogP contribution is -2.11. The minimum Gasteiger partial charge on any atom is -0.464 e. The number of carbonyl (C=O) groups excluding carboxylic acids is 1. The van der Waals surface area contributed by atoms with Gasteiger partial charge in [-0.1, -0.05) is 23.2 Å². The Morgan fingerprint density at radius 1 is 1.19 bits per heavy atom. The van der Waals surface area contributed by atoms with Gasteiger partial charge in [0.2, 0.25) is 0 Å². The van der Waals surface area contributed by atoms with E-state index in [2.05, 4.69) is 0 Å². The van der Waals surface area contributed by atoms with Crippen LogP contribution in [0.3, 0.4) is 0 Å². The summed E-state index contributed by atoms with van der Waals surface area (Å²) in [5.41, 5.74) is 6.84. The fourth-order valence-electron chi connectivity index (χ4n) is 2.48. The van der Waals surface area contributed by atoms with Gasteiger partial charge in [-0.2, -0.15) is 5.26 Å². The van der Waals surface area contributed by atoms with Gasteiger partial charge in [-0.25, -0.2) is 4.79 Å². The van der Waals surface area contributed by atoms with Crippen molar-refractivity contribution in [3.8, 4) is 23.3 Å². The average molecular weight is 402 g/mol. The van der Waals surface area contributed by atoms with Crippen LogP contribution in [0.1, 0.15) is 16.1 Å². The highest BCUT2D eigenvalue weighted by molar-refractivity contribution is 6.35. The summed E-state index contributed by atoms with van der Waals surface area (Å²) in [6.07, 6.45) is 1.48. The third-order valence-electron chi connectivity index (χ3n) is 3.78. The Labute approximate surface area is 165 Å². The first kappa shape index (κ1) is 18.6. The van der Waals surface area contributed by atoms with E-state index in [1.54, 1.807) is 42.5 Å². The molecule has 27 heavy (non-hydrogen) atoms. The molecule has 0 radical (unpaired) electrons. The van der Waals surface area contributed by atoms with Crippen LogP contribution in [0.25, 0.3) is 5.69 Å². The van der Waals surface area contributed by atoms with Crippen LogP contribution in [-0.4, -0.2) is 17.6 Å². The molecule has 0 unspecified atom stereocenters. The molecule has 6 nitrogen and oxygen atoms in total. The lowest BCUT2D eigenvalue weighted by molar-refractivity contribution is 0.0593. The molecule has 0 fully saturated rings. The van der Waals surface area contributed by atoms with Crippen LogP contribution in [0.15, 0.2) is 48.7 Å². The minimum atomic E-state index is -0.637. The number of rotatable bonds is 4. The summed E-state index contributed by atoms with van der Waals surface area (Å²) in [4.78, 5) is 12.0. The lowest BCUT2D eigenvalue weighted by atomic mass is 10.2. The zero-order chi connectivity index (χ0) is 19.6. The second kappa shape index (κ2) is 7.62. The minimum absolute atomic E-state index is 0.0672. The Balaban J connectivity index is 1.94. The van der Waals surface area contributed by atoms with E-state index in [4.69, 9.17) is 38.4 Å². The van der Waals surface area contributed by atoms with E-state index in [0.29, 0.717) is 27.2 Å². The number of esters is 1. The number of hydrogen-bond donors (Lipinski definition) is 1. The maximum Gasteiger partial charge on any atom is 0.357 e. The lowest BCUT2D eigenvalue weighted by Gasteiger charge is -2.11. The van der Waals surface area contributed by atoms with Crippen LogP contribution in [0.4, 0.5) is 5.69 Å². The van der Waals surface area contributed by atoms with Gasteiger partial charge in [-0.15, -0.1) is 0 Å². The molecule has 0 aliphatic heterocycles. The number of nitrogens with zero attached hydrogens (tertiary/aromatic N) is 2. The second-order valence-corrected chi connectivity index (χ2v) is 6.29. The van der Waals surface area contributed by atoms with Gasteiger partial charge >= 0.3 is 5.97 Å². The molecule has 0 saturated carbocycles. The average Bonchev–Trinajstić information content (AvgIpc) is 3.00. The summed E-state index contributed by atoms with van der Waals surface area (Å²) >= 11 is 12.0. The van der Waals surface area contributed by atoms with E-state index in [1.807, 2.05) is 6.07 Å². The molecular formula is C19H13Cl2N3O3. The van der Waals surface area contributed by atoms with Crippen LogP contribution in [0.2, 0.25) is 10.0 Å². The van der Waals surface area contributed by atoms with Gasteiger partial charge in [0.1, 0.15) is 17.6 Å². The third kappa shape index (κ3) is 3.70. The van der Waals surface area contributed by atoms with Gasteiger partial charge in [0.15, 0.2) is 5.69 Å². The molecule has 136 valence electrons. The molecular weight excluding hydrogens is 389 g/mol. The Morgan fingerprint density at radius 2 is 1.89 bits per heavy atom. The molecule has 3 rings (SSSR count).